The zero-order valence-electron chi connectivity index (χ0n) is 23.7. The van der Waals surface area contributed by atoms with Crippen molar-refractivity contribution in [2.24, 2.45) is 0 Å². The van der Waals surface area contributed by atoms with E-state index in [0.29, 0.717) is 30.8 Å². The molecule has 0 aromatic heterocycles. The van der Waals surface area contributed by atoms with Crippen LogP contribution < -0.4 is 14.4 Å². The van der Waals surface area contributed by atoms with Crippen LogP contribution in [0.1, 0.15) is 69.4 Å². The van der Waals surface area contributed by atoms with Gasteiger partial charge in [0.25, 0.3) is 0 Å². The van der Waals surface area contributed by atoms with Crippen LogP contribution >= 0.6 is 0 Å². The molecule has 0 spiro atoms. The Bertz CT molecular complexity index is 1210. The molecule has 1 atom stereocenters. The molecule has 1 fully saturated rings. The normalized spacial score (nSPS) is 14.9. The lowest BCUT2D eigenvalue weighted by molar-refractivity contribution is -0.141. The maximum Gasteiger partial charge on any atom is 0.243 e. The van der Waals surface area contributed by atoms with Gasteiger partial charge in [0, 0.05) is 25.6 Å². The van der Waals surface area contributed by atoms with Crippen LogP contribution in [-0.2, 0) is 26.2 Å². The van der Waals surface area contributed by atoms with E-state index in [9.17, 15) is 18.0 Å². The van der Waals surface area contributed by atoms with Gasteiger partial charge in [-0.15, -0.1) is 0 Å². The highest BCUT2D eigenvalue weighted by molar-refractivity contribution is 7.92. The number of para-hydroxylation sites is 2. The van der Waals surface area contributed by atoms with Gasteiger partial charge in [0.15, 0.2) is 0 Å². The van der Waals surface area contributed by atoms with E-state index in [4.69, 9.17) is 4.74 Å². The number of nitrogens with one attached hydrogen (secondary N) is 1. The second-order valence-corrected chi connectivity index (χ2v) is 12.3. The summed E-state index contributed by atoms with van der Waals surface area (Å²) in [5.74, 6) is 0.161. The molecule has 1 saturated carbocycles. The number of amides is 2. The molecule has 0 heterocycles. The van der Waals surface area contributed by atoms with Crippen LogP contribution in [0, 0.1) is 6.92 Å². The van der Waals surface area contributed by atoms with Gasteiger partial charge in [0.05, 0.1) is 19.1 Å². The molecule has 0 aliphatic heterocycles. The van der Waals surface area contributed by atoms with Crippen LogP contribution in [-0.4, -0.2) is 57.1 Å². The first-order chi connectivity index (χ1) is 18.6. The minimum Gasteiger partial charge on any atom is -0.495 e. The predicted molar refractivity (Wildman–Crippen MR) is 155 cm³/mol. The summed E-state index contributed by atoms with van der Waals surface area (Å²) in [6, 6.07) is 14.4. The highest BCUT2D eigenvalue weighted by atomic mass is 32.2. The Kier molecular flexibility index (Phi) is 11.2. The highest BCUT2D eigenvalue weighted by Crippen LogP contribution is 2.30. The third kappa shape index (κ3) is 8.71. The molecule has 0 saturated heterocycles. The third-order valence-electron chi connectivity index (χ3n) is 7.28. The van der Waals surface area contributed by atoms with Crippen molar-refractivity contribution in [1.82, 2.24) is 10.2 Å². The smallest absolute Gasteiger partial charge is 0.243 e. The number of benzene rings is 2. The lowest BCUT2D eigenvalue weighted by atomic mass is 9.95. The first kappa shape index (κ1) is 30.5. The summed E-state index contributed by atoms with van der Waals surface area (Å²) in [4.78, 5) is 28.7. The molecule has 3 rings (SSSR count). The Hall–Kier alpha value is -3.07. The van der Waals surface area contributed by atoms with Gasteiger partial charge < -0.3 is 15.0 Å². The van der Waals surface area contributed by atoms with Crippen molar-refractivity contribution in [2.75, 3.05) is 24.2 Å². The van der Waals surface area contributed by atoms with Gasteiger partial charge in [-0.3, -0.25) is 13.9 Å². The minimum atomic E-state index is -3.61. The van der Waals surface area contributed by atoms with Crippen LogP contribution in [0.25, 0.3) is 0 Å². The van der Waals surface area contributed by atoms with E-state index >= 15 is 0 Å². The Morgan fingerprint density at radius 3 is 2.44 bits per heavy atom. The molecule has 9 heteroatoms. The summed E-state index contributed by atoms with van der Waals surface area (Å²) >= 11 is 0. The van der Waals surface area contributed by atoms with E-state index in [-0.39, 0.29) is 30.8 Å². The van der Waals surface area contributed by atoms with Crippen molar-refractivity contribution < 1.29 is 22.7 Å². The molecule has 1 N–H and O–H groups in total. The number of hydrogen-bond acceptors (Lipinski definition) is 5. The number of rotatable bonds is 13. The second-order valence-electron chi connectivity index (χ2n) is 10.4. The van der Waals surface area contributed by atoms with E-state index < -0.39 is 16.1 Å². The van der Waals surface area contributed by atoms with E-state index in [1.165, 1.54) is 17.8 Å². The number of anilines is 1. The van der Waals surface area contributed by atoms with Crippen molar-refractivity contribution in [1.29, 1.82) is 0 Å². The fraction of sp³-hybridized carbons (Fsp3) is 0.533. The number of carbonyl (C=O) groups is 2. The Balaban J connectivity index is 1.77. The van der Waals surface area contributed by atoms with Gasteiger partial charge in [0.2, 0.25) is 21.8 Å². The number of sulfonamides is 1. The van der Waals surface area contributed by atoms with Gasteiger partial charge in [-0.2, -0.15) is 0 Å². The van der Waals surface area contributed by atoms with Crippen molar-refractivity contribution >= 4 is 27.5 Å². The van der Waals surface area contributed by atoms with Crippen LogP contribution in [0.2, 0.25) is 0 Å². The molecule has 2 aromatic carbocycles. The summed E-state index contributed by atoms with van der Waals surface area (Å²) < 4.78 is 31.9. The average Bonchev–Trinajstić information content (AvgIpc) is 2.91. The molecule has 0 unspecified atom stereocenters. The summed E-state index contributed by atoms with van der Waals surface area (Å²) in [6.07, 6.45) is 7.40. The molecule has 39 heavy (non-hydrogen) atoms. The zero-order chi connectivity index (χ0) is 28.4. The molecule has 0 bridgehead atoms. The predicted octanol–water partition coefficient (Wildman–Crippen LogP) is 4.81. The largest absolute Gasteiger partial charge is 0.495 e. The monoisotopic (exact) mass is 557 g/mol. The summed E-state index contributed by atoms with van der Waals surface area (Å²) in [6.45, 7) is 4.36. The number of ether oxygens (including phenoxy) is 1. The van der Waals surface area contributed by atoms with Crippen LogP contribution in [0.15, 0.2) is 48.5 Å². The van der Waals surface area contributed by atoms with Gasteiger partial charge in [-0.05, 0) is 50.3 Å². The minimum absolute atomic E-state index is 0.111. The molecular weight excluding hydrogens is 514 g/mol. The topological polar surface area (TPSA) is 96.0 Å². The summed E-state index contributed by atoms with van der Waals surface area (Å²) in [5.41, 5.74) is 2.48. The van der Waals surface area contributed by atoms with Gasteiger partial charge in [-0.1, -0.05) is 68.1 Å². The molecule has 214 valence electrons. The quantitative estimate of drug-likeness (QED) is 0.382. The maximum atomic E-state index is 13.7. The highest BCUT2D eigenvalue weighted by Gasteiger charge is 2.30. The molecule has 1 aliphatic rings. The van der Waals surface area contributed by atoms with E-state index in [2.05, 4.69) is 5.32 Å². The van der Waals surface area contributed by atoms with Crippen molar-refractivity contribution in [3.63, 3.8) is 0 Å². The Morgan fingerprint density at radius 1 is 1.08 bits per heavy atom. The van der Waals surface area contributed by atoms with Crippen LogP contribution in [0.4, 0.5) is 5.69 Å². The van der Waals surface area contributed by atoms with Gasteiger partial charge in [0.1, 0.15) is 11.8 Å². The molecule has 1 aliphatic carbocycles. The van der Waals surface area contributed by atoms with E-state index in [1.807, 2.05) is 38.1 Å². The fourth-order valence-electron chi connectivity index (χ4n) is 5.29. The Labute approximate surface area is 233 Å². The van der Waals surface area contributed by atoms with Crippen LogP contribution in [0.5, 0.6) is 5.75 Å². The fourth-order valence-corrected chi connectivity index (χ4v) is 6.26. The Morgan fingerprint density at radius 2 is 1.79 bits per heavy atom. The third-order valence-corrected chi connectivity index (χ3v) is 8.46. The maximum absolute atomic E-state index is 13.7. The number of methoxy groups -OCH3 is 1. The molecule has 2 amide bonds. The van der Waals surface area contributed by atoms with Crippen molar-refractivity contribution in [2.45, 2.75) is 83.8 Å². The number of hydrogen-bond donors (Lipinski definition) is 1. The molecule has 0 radical (unpaired) electrons. The SMILES string of the molecule is CC[C@H](C(=O)NC1CCCCC1)N(Cc1cccc(C)c1)C(=O)CCCN(c1ccccc1OC)S(C)(=O)=O. The zero-order valence-corrected chi connectivity index (χ0v) is 24.5. The second kappa shape index (κ2) is 14.4. The first-order valence-electron chi connectivity index (χ1n) is 13.9. The molecule has 2 aromatic rings. The lowest BCUT2D eigenvalue weighted by Crippen LogP contribution is -2.51. The van der Waals surface area contributed by atoms with E-state index in [1.54, 1.807) is 29.2 Å². The number of carbonyl (C=O) groups excluding carboxylic acids is 2. The van der Waals surface area contributed by atoms with Crippen LogP contribution in [0.3, 0.4) is 0 Å². The summed E-state index contributed by atoms with van der Waals surface area (Å²) in [7, 11) is -2.11. The van der Waals surface area contributed by atoms with Gasteiger partial charge >= 0.3 is 0 Å². The number of aryl methyl sites for hydroxylation is 1. The average molecular weight is 558 g/mol. The van der Waals surface area contributed by atoms with Gasteiger partial charge in [-0.25, -0.2) is 8.42 Å². The molecule has 8 nitrogen and oxygen atoms in total. The van der Waals surface area contributed by atoms with Crippen molar-refractivity contribution in [3.05, 3.63) is 59.7 Å². The van der Waals surface area contributed by atoms with E-state index in [0.717, 1.165) is 43.1 Å². The molecular formula is C30H43N3O5S. The number of nitrogens with zero attached hydrogens (tertiary/aromatic N) is 2. The lowest BCUT2D eigenvalue weighted by Gasteiger charge is -2.33. The first-order valence-corrected chi connectivity index (χ1v) is 15.7. The summed E-state index contributed by atoms with van der Waals surface area (Å²) in [5, 5.41) is 3.20. The van der Waals surface area contributed by atoms with Crippen molar-refractivity contribution in [3.8, 4) is 5.75 Å². The standard InChI is InChI=1S/C30H43N3O5S/c1-5-26(30(35)31-25-15-7-6-8-16-25)32(22-24-14-11-13-23(2)21-24)29(34)19-12-20-33(39(4,36)37)27-17-9-10-18-28(27)38-3/h9-11,13-14,17-18,21,25-26H,5-8,12,15-16,19-20,22H2,1-4H3,(H,31,35)/t26-/m1/s1.